The van der Waals surface area contributed by atoms with Crippen LogP contribution in [0.1, 0.15) is 33.1 Å². The van der Waals surface area contributed by atoms with Crippen molar-refractivity contribution in [2.75, 3.05) is 39.9 Å². The highest BCUT2D eigenvalue weighted by Gasteiger charge is 2.16. The van der Waals surface area contributed by atoms with Gasteiger partial charge in [0, 0.05) is 33.4 Å². The first-order valence-electron chi connectivity index (χ1n) is 9.58. The molecule has 1 unspecified atom stereocenters. The van der Waals surface area contributed by atoms with Crippen LogP contribution in [-0.4, -0.2) is 56.9 Å². The Morgan fingerprint density at radius 2 is 2.07 bits per heavy atom. The van der Waals surface area contributed by atoms with Crippen molar-refractivity contribution in [3.8, 4) is 5.75 Å². The van der Waals surface area contributed by atoms with E-state index in [1.807, 2.05) is 6.92 Å². The minimum atomic E-state index is -0.344. The second-order valence-corrected chi connectivity index (χ2v) is 6.82. The largest absolute Gasteiger partial charge is 0.486 e. The second kappa shape index (κ2) is 13.1. The number of hydrogen-bond donors (Lipinski definition) is 1. The predicted octanol–water partition coefficient (Wildman–Crippen LogP) is 3.93. The fourth-order valence-electron chi connectivity index (χ4n) is 3.00. The van der Waals surface area contributed by atoms with Crippen LogP contribution in [0.3, 0.4) is 0 Å². The summed E-state index contributed by atoms with van der Waals surface area (Å²) >= 11 is 0. The highest BCUT2D eigenvalue weighted by atomic mass is 127. The van der Waals surface area contributed by atoms with Gasteiger partial charge in [-0.25, -0.2) is 9.38 Å². The van der Waals surface area contributed by atoms with Gasteiger partial charge in [-0.05, 0) is 51.2 Å². The Morgan fingerprint density at radius 1 is 1.37 bits per heavy atom. The summed E-state index contributed by atoms with van der Waals surface area (Å²) in [5.41, 5.74) is 0. The lowest BCUT2D eigenvalue weighted by molar-refractivity contribution is 0.0625. The highest BCUT2D eigenvalue weighted by Crippen LogP contribution is 2.19. The Hall–Kier alpha value is -1.09. The zero-order valence-electron chi connectivity index (χ0n) is 16.6. The molecule has 0 aromatic heterocycles. The van der Waals surface area contributed by atoms with E-state index in [1.54, 1.807) is 18.2 Å². The van der Waals surface area contributed by atoms with Crippen molar-refractivity contribution in [3.63, 3.8) is 0 Å². The van der Waals surface area contributed by atoms with E-state index < -0.39 is 0 Å². The summed E-state index contributed by atoms with van der Waals surface area (Å²) < 4.78 is 24.8. The number of ether oxygens (including phenoxy) is 2. The lowest BCUT2D eigenvalue weighted by atomic mass is 9.96. The standard InChI is InChI=1S/C20H32FN3O2.HI/c1-4-22-20(24(3)12-9-17-10-13-25-14-11-17)23-15-16(2)26-19-8-6-5-7-18(19)21;/h5-8,16-17H,4,9-15H2,1-3H3,(H,22,23);1H. The molecule has 1 saturated heterocycles. The molecule has 7 heteroatoms. The van der Waals surface area contributed by atoms with Crippen molar-refractivity contribution >= 4 is 29.9 Å². The van der Waals surface area contributed by atoms with Crippen molar-refractivity contribution in [1.82, 2.24) is 10.2 Å². The van der Waals surface area contributed by atoms with Crippen molar-refractivity contribution in [1.29, 1.82) is 0 Å². The average molecular weight is 493 g/mol. The molecule has 1 aliphatic rings. The number of hydrogen-bond acceptors (Lipinski definition) is 3. The molecule has 1 N–H and O–H groups in total. The maximum atomic E-state index is 13.7. The summed E-state index contributed by atoms with van der Waals surface area (Å²) in [5.74, 6) is 1.53. The van der Waals surface area contributed by atoms with Crippen molar-refractivity contribution in [2.24, 2.45) is 10.9 Å². The van der Waals surface area contributed by atoms with Gasteiger partial charge in [0.15, 0.2) is 17.5 Å². The van der Waals surface area contributed by atoms with Crippen LogP contribution in [0.5, 0.6) is 5.75 Å². The number of nitrogens with one attached hydrogen (secondary N) is 1. The zero-order valence-corrected chi connectivity index (χ0v) is 18.9. The number of benzene rings is 1. The highest BCUT2D eigenvalue weighted by molar-refractivity contribution is 14.0. The Kier molecular flexibility index (Phi) is 11.7. The molecule has 154 valence electrons. The monoisotopic (exact) mass is 493 g/mol. The molecule has 0 amide bonds. The quantitative estimate of drug-likeness (QED) is 0.339. The van der Waals surface area contributed by atoms with Crippen LogP contribution in [0.4, 0.5) is 4.39 Å². The van der Waals surface area contributed by atoms with Crippen LogP contribution in [0.25, 0.3) is 0 Å². The lowest BCUT2D eigenvalue weighted by Crippen LogP contribution is -2.40. The van der Waals surface area contributed by atoms with Gasteiger partial charge in [-0.3, -0.25) is 0 Å². The normalized spacial score (nSPS) is 16.4. The molecule has 0 radical (unpaired) electrons. The topological polar surface area (TPSA) is 46.1 Å². The fourth-order valence-corrected chi connectivity index (χ4v) is 3.00. The molecule has 1 fully saturated rings. The summed E-state index contributed by atoms with van der Waals surface area (Å²) in [6.45, 7) is 7.96. The number of halogens is 2. The maximum absolute atomic E-state index is 13.7. The van der Waals surface area contributed by atoms with Crippen LogP contribution in [0.2, 0.25) is 0 Å². The van der Waals surface area contributed by atoms with Crippen LogP contribution in [0, 0.1) is 11.7 Å². The Balaban J connectivity index is 0.00000364. The smallest absolute Gasteiger partial charge is 0.193 e. The van der Waals surface area contributed by atoms with E-state index in [-0.39, 0.29) is 41.6 Å². The number of aliphatic imine (C=N–C) groups is 1. The van der Waals surface area contributed by atoms with E-state index in [4.69, 9.17) is 9.47 Å². The minimum Gasteiger partial charge on any atom is -0.486 e. The number of guanidine groups is 1. The lowest BCUT2D eigenvalue weighted by Gasteiger charge is -2.27. The van der Waals surface area contributed by atoms with Crippen molar-refractivity contribution in [3.05, 3.63) is 30.1 Å². The van der Waals surface area contributed by atoms with E-state index >= 15 is 0 Å². The van der Waals surface area contributed by atoms with E-state index in [0.29, 0.717) is 6.54 Å². The van der Waals surface area contributed by atoms with Gasteiger partial charge >= 0.3 is 0 Å². The van der Waals surface area contributed by atoms with Gasteiger partial charge in [0.1, 0.15) is 6.10 Å². The third-order valence-corrected chi connectivity index (χ3v) is 4.57. The number of para-hydroxylation sites is 1. The van der Waals surface area contributed by atoms with Gasteiger partial charge in [-0.2, -0.15) is 0 Å². The summed E-state index contributed by atoms with van der Waals surface area (Å²) in [6.07, 6.45) is 3.24. The number of rotatable bonds is 8. The molecule has 1 aromatic carbocycles. The zero-order chi connectivity index (χ0) is 18.8. The van der Waals surface area contributed by atoms with Crippen molar-refractivity contribution in [2.45, 2.75) is 39.2 Å². The summed E-state index contributed by atoms with van der Waals surface area (Å²) in [5, 5.41) is 3.32. The summed E-state index contributed by atoms with van der Waals surface area (Å²) in [7, 11) is 2.06. The van der Waals surface area contributed by atoms with Crippen LogP contribution in [-0.2, 0) is 4.74 Å². The van der Waals surface area contributed by atoms with Crippen LogP contribution in [0.15, 0.2) is 29.3 Å². The Bertz CT molecular complexity index is 568. The molecule has 27 heavy (non-hydrogen) atoms. The number of nitrogens with zero attached hydrogens (tertiary/aromatic N) is 2. The van der Waals surface area contributed by atoms with Gasteiger partial charge in [0.25, 0.3) is 0 Å². The molecule has 1 aliphatic heterocycles. The molecule has 2 rings (SSSR count). The van der Waals surface area contributed by atoms with E-state index in [2.05, 4.69) is 29.2 Å². The summed E-state index contributed by atoms with van der Waals surface area (Å²) in [4.78, 5) is 6.82. The Labute approximate surface area is 179 Å². The van der Waals surface area contributed by atoms with Crippen LogP contribution < -0.4 is 10.1 Å². The van der Waals surface area contributed by atoms with Crippen LogP contribution >= 0.6 is 24.0 Å². The molecule has 0 aliphatic carbocycles. The first-order valence-corrected chi connectivity index (χ1v) is 9.58. The Morgan fingerprint density at radius 3 is 2.74 bits per heavy atom. The molecule has 1 aromatic rings. The van der Waals surface area contributed by atoms with Crippen molar-refractivity contribution < 1.29 is 13.9 Å². The first-order chi connectivity index (χ1) is 12.6. The molecule has 0 saturated carbocycles. The van der Waals surface area contributed by atoms with E-state index in [9.17, 15) is 4.39 Å². The van der Waals surface area contributed by atoms with Gasteiger partial charge in [0.2, 0.25) is 0 Å². The summed E-state index contributed by atoms with van der Waals surface area (Å²) in [6, 6.07) is 6.46. The second-order valence-electron chi connectivity index (χ2n) is 6.82. The molecule has 5 nitrogen and oxygen atoms in total. The maximum Gasteiger partial charge on any atom is 0.193 e. The van der Waals surface area contributed by atoms with Gasteiger partial charge in [-0.1, -0.05) is 12.1 Å². The van der Waals surface area contributed by atoms with Gasteiger partial charge in [0.05, 0.1) is 6.54 Å². The molecule has 1 atom stereocenters. The van der Waals surface area contributed by atoms with Gasteiger partial charge < -0.3 is 19.7 Å². The molecular formula is C20H33FIN3O2. The molecule has 0 bridgehead atoms. The predicted molar refractivity (Wildman–Crippen MR) is 119 cm³/mol. The average Bonchev–Trinajstić information content (AvgIpc) is 2.66. The SMILES string of the molecule is CCNC(=NCC(C)Oc1ccccc1F)N(C)CCC1CCOCC1.I. The van der Waals surface area contributed by atoms with E-state index in [0.717, 1.165) is 57.4 Å². The molecule has 1 heterocycles. The fraction of sp³-hybridized carbons (Fsp3) is 0.650. The molecular weight excluding hydrogens is 460 g/mol. The first kappa shape index (κ1) is 23.9. The third kappa shape index (κ3) is 8.64. The molecule has 0 spiro atoms. The third-order valence-electron chi connectivity index (χ3n) is 4.57. The minimum absolute atomic E-state index is 0. The van der Waals surface area contributed by atoms with E-state index in [1.165, 1.54) is 6.07 Å². The van der Waals surface area contributed by atoms with Gasteiger partial charge in [-0.15, -0.1) is 24.0 Å².